The Kier molecular flexibility index (Phi) is 6.77. The zero-order valence-electron chi connectivity index (χ0n) is 18.2. The van der Waals surface area contributed by atoms with Gasteiger partial charge in [-0.3, -0.25) is 19.3 Å². The van der Waals surface area contributed by atoms with E-state index in [2.05, 4.69) is 16.0 Å². The minimum absolute atomic E-state index is 0.289. The van der Waals surface area contributed by atoms with E-state index in [0.717, 1.165) is 16.2 Å². The molecule has 3 rings (SSSR count). The number of hydrogen-bond acceptors (Lipinski definition) is 5. The first kappa shape index (κ1) is 22.8. The number of aryl methyl sites for hydroxylation is 1. The summed E-state index contributed by atoms with van der Waals surface area (Å²) in [4.78, 5) is 50.4. The number of benzene rings is 2. The molecule has 0 aliphatic carbocycles. The number of carbonyl (C=O) groups is 4. The van der Waals surface area contributed by atoms with Gasteiger partial charge in [-0.1, -0.05) is 18.2 Å². The van der Waals surface area contributed by atoms with Crippen molar-refractivity contribution < 1.29 is 23.9 Å². The van der Waals surface area contributed by atoms with Crippen LogP contribution in [0.3, 0.4) is 0 Å². The zero-order chi connectivity index (χ0) is 23.3. The Labute approximate surface area is 186 Å². The summed E-state index contributed by atoms with van der Waals surface area (Å²) in [6, 6.07) is 13.2. The Morgan fingerprint density at radius 1 is 1.12 bits per heavy atom. The third kappa shape index (κ3) is 5.05. The van der Waals surface area contributed by atoms with Crippen LogP contribution < -0.4 is 20.7 Å². The van der Waals surface area contributed by atoms with Gasteiger partial charge in [0.1, 0.15) is 17.8 Å². The van der Waals surface area contributed by atoms with Crippen LogP contribution in [0.15, 0.2) is 48.5 Å². The molecule has 5 amide bonds. The van der Waals surface area contributed by atoms with Crippen molar-refractivity contribution in [2.75, 3.05) is 26.0 Å². The van der Waals surface area contributed by atoms with Crippen molar-refractivity contribution in [3.8, 4) is 5.75 Å². The maximum atomic E-state index is 12.9. The second-order valence-electron chi connectivity index (χ2n) is 7.71. The summed E-state index contributed by atoms with van der Waals surface area (Å²) in [5, 5.41) is 7.83. The molecule has 1 aliphatic heterocycles. The van der Waals surface area contributed by atoms with E-state index in [1.54, 1.807) is 32.2 Å². The van der Waals surface area contributed by atoms with E-state index in [4.69, 9.17) is 4.74 Å². The Hall–Kier alpha value is -3.88. The van der Waals surface area contributed by atoms with E-state index in [0.29, 0.717) is 24.1 Å². The maximum absolute atomic E-state index is 12.9. The van der Waals surface area contributed by atoms with E-state index >= 15 is 0 Å². The first-order valence-electron chi connectivity index (χ1n) is 10.1. The lowest BCUT2D eigenvalue weighted by molar-refractivity contribution is -0.133. The van der Waals surface area contributed by atoms with Gasteiger partial charge in [-0.15, -0.1) is 0 Å². The monoisotopic (exact) mass is 438 g/mol. The van der Waals surface area contributed by atoms with Crippen molar-refractivity contribution in [3.05, 3.63) is 59.7 Å². The summed E-state index contributed by atoms with van der Waals surface area (Å²) in [6.07, 6.45) is 0.953. The summed E-state index contributed by atoms with van der Waals surface area (Å²) in [6.45, 7) is 1.23. The van der Waals surface area contributed by atoms with E-state index in [-0.39, 0.29) is 5.91 Å². The Morgan fingerprint density at radius 3 is 2.50 bits per heavy atom. The Morgan fingerprint density at radius 2 is 1.84 bits per heavy atom. The topological polar surface area (TPSA) is 117 Å². The Balaban J connectivity index is 1.61. The van der Waals surface area contributed by atoms with Crippen LogP contribution in [0, 0.1) is 0 Å². The van der Waals surface area contributed by atoms with E-state index < -0.39 is 29.9 Å². The molecule has 1 unspecified atom stereocenters. The van der Waals surface area contributed by atoms with Crippen molar-refractivity contribution >= 4 is 29.4 Å². The Bertz CT molecular complexity index is 1040. The SMILES string of the molecule is CNC(=O)c1cccc(NC(=O)CN2C(=O)NC(C)(CCc3ccc(OC)cc3)C2=O)c1. The van der Waals surface area contributed by atoms with Gasteiger partial charge in [-0.2, -0.15) is 0 Å². The molecule has 1 aliphatic rings. The smallest absolute Gasteiger partial charge is 0.325 e. The number of nitrogens with one attached hydrogen (secondary N) is 3. The number of carbonyl (C=O) groups excluding carboxylic acids is 4. The second kappa shape index (κ2) is 9.51. The molecule has 1 atom stereocenters. The predicted octanol–water partition coefficient (Wildman–Crippen LogP) is 1.94. The van der Waals surface area contributed by atoms with Crippen LogP contribution in [0.5, 0.6) is 5.75 Å². The minimum Gasteiger partial charge on any atom is -0.497 e. The molecule has 1 saturated heterocycles. The molecule has 1 fully saturated rings. The number of amides is 5. The van der Waals surface area contributed by atoms with Gasteiger partial charge in [0.15, 0.2) is 0 Å². The summed E-state index contributed by atoms with van der Waals surface area (Å²) in [5.41, 5.74) is 0.675. The van der Waals surface area contributed by atoms with Crippen LogP contribution in [-0.2, 0) is 16.0 Å². The quantitative estimate of drug-likeness (QED) is 0.545. The largest absolute Gasteiger partial charge is 0.497 e. The normalized spacial score (nSPS) is 17.7. The van der Waals surface area contributed by atoms with Gasteiger partial charge in [0, 0.05) is 18.3 Å². The van der Waals surface area contributed by atoms with E-state index in [1.807, 2.05) is 24.3 Å². The molecule has 9 nitrogen and oxygen atoms in total. The molecule has 168 valence electrons. The number of nitrogens with zero attached hydrogens (tertiary/aromatic N) is 1. The zero-order valence-corrected chi connectivity index (χ0v) is 18.2. The third-order valence-corrected chi connectivity index (χ3v) is 5.36. The fraction of sp³-hybridized carbons (Fsp3) is 0.304. The average molecular weight is 438 g/mol. The van der Waals surface area contributed by atoms with Crippen molar-refractivity contribution in [3.63, 3.8) is 0 Å². The highest BCUT2D eigenvalue weighted by Crippen LogP contribution is 2.24. The molecule has 3 N–H and O–H groups in total. The third-order valence-electron chi connectivity index (χ3n) is 5.36. The molecule has 0 aromatic heterocycles. The average Bonchev–Trinajstić information content (AvgIpc) is 3.00. The fourth-order valence-corrected chi connectivity index (χ4v) is 3.47. The highest BCUT2D eigenvalue weighted by molar-refractivity contribution is 6.10. The van der Waals surface area contributed by atoms with Gasteiger partial charge in [0.05, 0.1) is 7.11 Å². The van der Waals surface area contributed by atoms with Gasteiger partial charge in [-0.05, 0) is 55.7 Å². The lowest BCUT2D eigenvalue weighted by atomic mass is 9.93. The summed E-state index contributed by atoms with van der Waals surface area (Å²) < 4.78 is 5.14. The number of hydrogen-bond donors (Lipinski definition) is 3. The molecular formula is C23H26N4O5. The molecule has 0 saturated carbocycles. The molecule has 32 heavy (non-hydrogen) atoms. The fourth-order valence-electron chi connectivity index (χ4n) is 3.47. The second-order valence-corrected chi connectivity index (χ2v) is 7.71. The number of imide groups is 1. The van der Waals surface area contributed by atoms with Crippen LogP contribution in [0.25, 0.3) is 0 Å². The van der Waals surface area contributed by atoms with Gasteiger partial charge >= 0.3 is 6.03 Å². The first-order chi connectivity index (χ1) is 15.3. The van der Waals surface area contributed by atoms with Gasteiger partial charge in [0.2, 0.25) is 5.91 Å². The van der Waals surface area contributed by atoms with Crippen LogP contribution in [0.2, 0.25) is 0 Å². The number of ether oxygens (including phenoxy) is 1. The van der Waals surface area contributed by atoms with Crippen molar-refractivity contribution in [1.82, 2.24) is 15.5 Å². The van der Waals surface area contributed by atoms with Crippen molar-refractivity contribution in [2.24, 2.45) is 0 Å². The minimum atomic E-state index is -1.10. The van der Waals surface area contributed by atoms with Crippen molar-refractivity contribution in [2.45, 2.75) is 25.3 Å². The first-order valence-corrected chi connectivity index (χ1v) is 10.1. The summed E-state index contributed by atoms with van der Waals surface area (Å²) >= 11 is 0. The lowest BCUT2D eigenvalue weighted by Gasteiger charge is -2.21. The summed E-state index contributed by atoms with van der Waals surface area (Å²) in [5.74, 6) is -0.543. The van der Waals surface area contributed by atoms with Gasteiger partial charge in [0.25, 0.3) is 11.8 Å². The van der Waals surface area contributed by atoms with E-state index in [1.165, 1.54) is 13.1 Å². The number of anilines is 1. The lowest BCUT2D eigenvalue weighted by Crippen LogP contribution is -2.45. The highest BCUT2D eigenvalue weighted by Gasteiger charge is 2.47. The van der Waals surface area contributed by atoms with Crippen LogP contribution in [0.1, 0.15) is 29.3 Å². The molecule has 0 spiro atoms. The standard InChI is InChI=1S/C23H26N4O5/c1-23(12-11-15-7-9-18(32-3)10-8-15)21(30)27(22(31)26-23)14-19(28)25-17-6-4-5-16(13-17)20(29)24-2/h4-10,13H,11-12,14H2,1-3H3,(H,24,29)(H,25,28)(H,26,31). The maximum Gasteiger partial charge on any atom is 0.325 e. The predicted molar refractivity (Wildman–Crippen MR) is 118 cm³/mol. The molecular weight excluding hydrogens is 412 g/mol. The molecule has 0 bridgehead atoms. The molecule has 1 heterocycles. The van der Waals surface area contributed by atoms with Crippen LogP contribution in [0.4, 0.5) is 10.5 Å². The molecule has 2 aromatic rings. The molecule has 2 aromatic carbocycles. The number of rotatable bonds is 8. The molecule has 0 radical (unpaired) electrons. The van der Waals surface area contributed by atoms with E-state index in [9.17, 15) is 19.2 Å². The van der Waals surface area contributed by atoms with Crippen LogP contribution >= 0.6 is 0 Å². The highest BCUT2D eigenvalue weighted by atomic mass is 16.5. The number of methoxy groups -OCH3 is 1. The van der Waals surface area contributed by atoms with Crippen LogP contribution in [-0.4, -0.2) is 54.9 Å². The summed E-state index contributed by atoms with van der Waals surface area (Å²) in [7, 11) is 3.10. The van der Waals surface area contributed by atoms with Crippen molar-refractivity contribution in [1.29, 1.82) is 0 Å². The van der Waals surface area contributed by atoms with Gasteiger partial charge < -0.3 is 20.7 Å². The molecule has 9 heteroatoms. The number of urea groups is 1. The van der Waals surface area contributed by atoms with Gasteiger partial charge in [-0.25, -0.2) is 4.79 Å².